The molecule has 1 rings (SSSR count). The van der Waals surface area contributed by atoms with E-state index in [0.717, 1.165) is 6.26 Å². The van der Waals surface area contributed by atoms with Gasteiger partial charge in [-0.1, -0.05) is 0 Å². The fourth-order valence-corrected chi connectivity index (χ4v) is 2.03. The Hall–Kier alpha value is -0.170. The van der Waals surface area contributed by atoms with Crippen LogP contribution in [0.15, 0.2) is 0 Å². The van der Waals surface area contributed by atoms with Crippen molar-refractivity contribution in [1.29, 1.82) is 0 Å². The van der Waals surface area contributed by atoms with Gasteiger partial charge in [0.1, 0.15) is 0 Å². The predicted octanol–water partition coefficient (Wildman–Crippen LogP) is -1.40. The molecule has 1 saturated heterocycles. The Morgan fingerprint density at radius 3 is 2.62 bits per heavy atom. The van der Waals surface area contributed by atoms with E-state index in [-0.39, 0.29) is 12.1 Å². The highest BCUT2D eigenvalue weighted by Crippen LogP contribution is 2.14. The summed E-state index contributed by atoms with van der Waals surface area (Å²) in [6, 6.07) is 0.115. The van der Waals surface area contributed by atoms with Crippen molar-refractivity contribution >= 4 is 10.0 Å². The van der Waals surface area contributed by atoms with E-state index in [2.05, 4.69) is 4.72 Å². The van der Waals surface area contributed by atoms with Crippen LogP contribution in [0.4, 0.5) is 0 Å². The number of nitrogens with one attached hydrogen (secondary N) is 1. The van der Waals surface area contributed by atoms with Crippen LogP contribution in [-0.2, 0) is 10.0 Å². The summed E-state index contributed by atoms with van der Waals surface area (Å²) in [6.45, 7) is 1.00. The van der Waals surface area contributed by atoms with Gasteiger partial charge in [0.15, 0.2) is 0 Å². The van der Waals surface area contributed by atoms with Crippen molar-refractivity contribution in [2.45, 2.75) is 18.6 Å². The van der Waals surface area contributed by atoms with E-state index >= 15 is 0 Å². The van der Waals surface area contributed by atoms with Crippen LogP contribution in [0.25, 0.3) is 0 Å². The highest BCUT2D eigenvalue weighted by Gasteiger charge is 2.28. The molecule has 0 unspecified atom stereocenters. The van der Waals surface area contributed by atoms with Crippen LogP contribution in [0.1, 0.15) is 6.42 Å². The average Bonchev–Trinajstić information content (AvgIpc) is 2.24. The minimum atomic E-state index is -3.11. The lowest BCUT2D eigenvalue weighted by molar-refractivity contribution is 0.182. The normalized spacial score (nSPS) is 31.0. The van der Waals surface area contributed by atoms with Crippen molar-refractivity contribution in [3.05, 3.63) is 0 Å². The molecule has 1 aliphatic heterocycles. The molecule has 0 bridgehead atoms. The van der Waals surface area contributed by atoms with Gasteiger partial charge in [-0.3, -0.25) is 4.90 Å². The first-order valence-corrected chi connectivity index (χ1v) is 6.10. The van der Waals surface area contributed by atoms with Gasteiger partial charge in [-0.05, 0) is 13.5 Å². The van der Waals surface area contributed by atoms with Crippen LogP contribution in [0.5, 0.6) is 0 Å². The summed E-state index contributed by atoms with van der Waals surface area (Å²) in [6.07, 6.45) is 1.45. The number of nitrogens with zero attached hydrogens (tertiary/aromatic N) is 1. The molecule has 0 aromatic heterocycles. The minimum Gasteiger partial charge on any atom is -0.392 e. The molecule has 0 aromatic rings. The third-order valence-corrected chi connectivity index (χ3v) is 2.94. The number of sulfonamides is 1. The molecule has 0 aliphatic carbocycles. The number of rotatable bonds is 3. The third kappa shape index (κ3) is 3.60. The van der Waals surface area contributed by atoms with Gasteiger partial charge in [0.05, 0.1) is 12.4 Å². The molecular formula is C7H16N2O3S. The van der Waals surface area contributed by atoms with E-state index < -0.39 is 10.0 Å². The van der Waals surface area contributed by atoms with Crippen molar-refractivity contribution in [2.75, 3.05) is 26.4 Å². The Morgan fingerprint density at radius 1 is 1.62 bits per heavy atom. The Labute approximate surface area is 78.8 Å². The van der Waals surface area contributed by atoms with Gasteiger partial charge in [0, 0.05) is 19.1 Å². The number of likely N-dealkylation sites (tertiary alicyclic amines) is 1. The van der Waals surface area contributed by atoms with Crippen molar-refractivity contribution in [1.82, 2.24) is 9.62 Å². The number of β-amino-alcohol motifs (C(OH)–C–C–N with tert-alkyl or cyclic N) is 1. The third-order valence-electron chi connectivity index (χ3n) is 2.25. The fraction of sp³-hybridized carbons (Fsp3) is 1.00. The van der Waals surface area contributed by atoms with Gasteiger partial charge in [-0.15, -0.1) is 0 Å². The number of hydrogen-bond donors (Lipinski definition) is 2. The predicted molar refractivity (Wildman–Crippen MR) is 49.9 cm³/mol. The lowest BCUT2D eigenvalue weighted by atomic mass is 10.2. The average molecular weight is 208 g/mol. The molecule has 2 atom stereocenters. The molecule has 2 N–H and O–H groups in total. The van der Waals surface area contributed by atoms with Crippen LogP contribution in [0.2, 0.25) is 0 Å². The van der Waals surface area contributed by atoms with E-state index in [4.69, 9.17) is 0 Å². The second-order valence-electron chi connectivity index (χ2n) is 3.60. The van der Waals surface area contributed by atoms with Gasteiger partial charge in [-0.2, -0.15) is 0 Å². The van der Waals surface area contributed by atoms with Crippen molar-refractivity contribution < 1.29 is 13.5 Å². The summed E-state index contributed by atoms with van der Waals surface area (Å²) in [5.74, 6) is 0. The second-order valence-corrected chi connectivity index (χ2v) is 5.44. The Bertz CT molecular complexity index is 265. The molecule has 6 heteroatoms. The number of aliphatic hydroxyl groups is 1. The quantitative estimate of drug-likeness (QED) is 0.598. The Balaban J connectivity index is 2.38. The summed E-state index contributed by atoms with van der Waals surface area (Å²) in [5.41, 5.74) is 0. The van der Waals surface area contributed by atoms with Crippen LogP contribution in [0.3, 0.4) is 0 Å². The smallest absolute Gasteiger partial charge is 0.208 e. The van der Waals surface area contributed by atoms with Gasteiger partial charge in [-0.25, -0.2) is 13.1 Å². The maximum Gasteiger partial charge on any atom is 0.208 e. The standard InChI is InChI=1S/C7H16N2O3S/c1-9-5-7(10)3-6(9)4-8-13(2,11)12/h6-8,10H,3-5H2,1-2H3/t6-,7+/m0/s1. The topological polar surface area (TPSA) is 69.6 Å². The molecular weight excluding hydrogens is 192 g/mol. The van der Waals surface area contributed by atoms with Crippen molar-refractivity contribution in [2.24, 2.45) is 0 Å². The number of aliphatic hydroxyl groups excluding tert-OH is 1. The number of hydrogen-bond acceptors (Lipinski definition) is 4. The fourth-order valence-electron chi connectivity index (χ4n) is 1.54. The zero-order valence-electron chi connectivity index (χ0n) is 7.90. The second kappa shape index (κ2) is 3.91. The molecule has 0 saturated carbocycles. The van der Waals surface area contributed by atoms with Crippen molar-refractivity contribution in [3.63, 3.8) is 0 Å². The first-order valence-electron chi connectivity index (χ1n) is 4.21. The SMILES string of the molecule is CN1C[C@H](O)C[C@H]1CNS(C)(=O)=O. The lowest BCUT2D eigenvalue weighted by Crippen LogP contribution is -2.37. The van der Waals surface area contributed by atoms with Crippen molar-refractivity contribution in [3.8, 4) is 0 Å². The zero-order valence-corrected chi connectivity index (χ0v) is 8.71. The minimum absolute atomic E-state index is 0.115. The summed E-state index contributed by atoms with van der Waals surface area (Å²) in [5, 5.41) is 9.28. The highest BCUT2D eigenvalue weighted by molar-refractivity contribution is 7.88. The van der Waals surface area contributed by atoms with Gasteiger partial charge in [0.2, 0.25) is 10.0 Å². The van der Waals surface area contributed by atoms with E-state index in [1.165, 1.54) is 0 Å². The molecule has 0 aromatic carbocycles. The van der Waals surface area contributed by atoms with Gasteiger partial charge < -0.3 is 5.11 Å². The van der Waals surface area contributed by atoms with Crippen LogP contribution >= 0.6 is 0 Å². The zero-order chi connectivity index (χ0) is 10.1. The maximum absolute atomic E-state index is 10.8. The Kier molecular flexibility index (Phi) is 3.28. The van der Waals surface area contributed by atoms with E-state index in [1.807, 2.05) is 11.9 Å². The van der Waals surface area contributed by atoms with E-state index in [9.17, 15) is 13.5 Å². The summed E-state index contributed by atoms with van der Waals surface area (Å²) in [4.78, 5) is 1.96. The molecule has 78 valence electrons. The first kappa shape index (κ1) is 10.9. The first-order chi connectivity index (χ1) is 5.88. The molecule has 5 nitrogen and oxygen atoms in total. The molecule has 1 aliphatic rings. The highest BCUT2D eigenvalue weighted by atomic mass is 32.2. The summed E-state index contributed by atoms with van der Waals surface area (Å²) < 4.78 is 24.0. The largest absolute Gasteiger partial charge is 0.392 e. The lowest BCUT2D eigenvalue weighted by Gasteiger charge is -2.18. The maximum atomic E-state index is 10.8. The number of likely N-dealkylation sites (N-methyl/N-ethyl adjacent to an activating group) is 1. The van der Waals surface area contributed by atoms with E-state index in [1.54, 1.807) is 0 Å². The molecule has 1 heterocycles. The van der Waals surface area contributed by atoms with Gasteiger partial charge in [0.25, 0.3) is 0 Å². The molecule has 13 heavy (non-hydrogen) atoms. The summed E-state index contributed by atoms with van der Waals surface area (Å²) in [7, 11) is -1.23. The molecule has 0 radical (unpaired) electrons. The molecule has 1 fully saturated rings. The van der Waals surface area contributed by atoms with Crippen LogP contribution < -0.4 is 4.72 Å². The monoisotopic (exact) mass is 208 g/mol. The van der Waals surface area contributed by atoms with Crippen LogP contribution in [0, 0.1) is 0 Å². The van der Waals surface area contributed by atoms with E-state index in [0.29, 0.717) is 19.5 Å². The molecule has 0 spiro atoms. The Morgan fingerprint density at radius 2 is 2.23 bits per heavy atom. The summed E-state index contributed by atoms with van der Waals surface area (Å²) >= 11 is 0. The van der Waals surface area contributed by atoms with Gasteiger partial charge >= 0.3 is 0 Å². The van der Waals surface area contributed by atoms with Crippen LogP contribution in [-0.4, -0.2) is 57.0 Å². The molecule has 0 amide bonds.